The Labute approximate surface area is 117 Å². The summed E-state index contributed by atoms with van der Waals surface area (Å²) in [7, 11) is 0. The molecule has 1 aromatic heterocycles. The topological polar surface area (TPSA) is 30.7 Å². The first-order valence-corrected chi connectivity index (χ1v) is 6.99. The Morgan fingerprint density at radius 2 is 1.94 bits per heavy atom. The average Bonchev–Trinajstić information content (AvgIpc) is 2.56. The van der Waals surface area contributed by atoms with E-state index in [1.54, 1.807) is 0 Å². The zero-order valence-electron chi connectivity index (χ0n) is 10.4. The van der Waals surface area contributed by atoms with E-state index in [0.29, 0.717) is 11.6 Å². The van der Waals surface area contributed by atoms with Crippen LogP contribution in [-0.4, -0.2) is 15.0 Å². The second-order valence-corrected chi connectivity index (χ2v) is 6.84. The maximum absolute atomic E-state index is 5.91. The predicted octanol–water partition coefficient (Wildman–Crippen LogP) is 4.10. The predicted molar refractivity (Wildman–Crippen MR) is 72.7 cm³/mol. The quantitative estimate of drug-likeness (QED) is 0.766. The van der Waals surface area contributed by atoms with E-state index in [1.165, 1.54) is 0 Å². The van der Waals surface area contributed by atoms with Gasteiger partial charge >= 0.3 is 0 Å². The lowest BCUT2D eigenvalue weighted by atomic mass is 10.1. The van der Waals surface area contributed by atoms with Crippen LogP contribution >= 0.6 is 34.8 Å². The molecule has 0 spiro atoms. The molecule has 0 bridgehead atoms. The van der Waals surface area contributed by atoms with Crippen molar-refractivity contribution in [2.45, 2.75) is 50.4 Å². The van der Waals surface area contributed by atoms with Gasteiger partial charge in [0, 0.05) is 6.54 Å². The SMILES string of the molecule is CCCCn1nnc(C(Cl)(Cl)Cl)c1CC(C)C. The second kappa shape index (κ2) is 6.26. The number of rotatable bonds is 5. The molecule has 6 heteroatoms. The fourth-order valence-electron chi connectivity index (χ4n) is 1.63. The highest BCUT2D eigenvalue weighted by Gasteiger charge is 2.31. The first kappa shape index (κ1) is 15.1. The zero-order valence-corrected chi connectivity index (χ0v) is 12.6. The molecule has 1 heterocycles. The molecule has 0 atom stereocenters. The van der Waals surface area contributed by atoms with Crippen molar-refractivity contribution in [3.05, 3.63) is 11.4 Å². The number of aryl methyl sites for hydroxylation is 1. The monoisotopic (exact) mass is 297 g/mol. The third-order valence-corrected chi connectivity index (χ3v) is 2.97. The summed E-state index contributed by atoms with van der Waals surface area (Å²) < 4.78 is 0.370. The van der Waals surface area contributed by atoms with Gasteiger partial charge in [0.25, 0.3) is 0 Å². The third-order valence-electron chi connectivity index (χ3n) is 2.43. The van der Waals surface area contributed by atoms with E-state index in [2.05, 4.69) is 31.1 Å². The van der Waals surface area contributed by atoms with Crippen LogP contribution in [0.25, 0.3) is 0 Å². The minimum Gasteiger partial charge on any atom is -0.249 e. The van der Waals surface area contributed by atoms with Crippen molar-refractivity contribution in [3.63, 3.8) is 0 Å². The lowest BCUT2D eigenvalue weighted by Gasteiger charge is -2.13. The molecule has 0 N–H and O–H groups in total. The molecule has 0 aliphatic rings. The highest BCUT2D eigenvalue weighted by molar-refractivity contribution is 6.66. The lowest BCUT2D eigenvalue weighted by Crippen LogP contribution is -2.12. The molecule has 0 saturated carbocycles. The van der Waals surface area contributed by atoms with Gasteiger partial charge in [-0.2, -0.15) is 0 Å². The molecule has 0 unspecified atom stereocenters. The fraction of sp³-hybridized carbons (Fsp3) is 0.818. The van der Waals surface area contributed by atoms with E-state index in [-0.39, 0.29) is 0 Å². The molecule has 0 aliphatic carbocycles. The van der Waals surface area contributed by atoms with Crippen molar-refractivity contribution in [3.8, 4) is 0 Å². The van der Waals surface area contributed by atoms with E-state index in [9.17, 15) is 0 Å². The van der Waals surface area contributed by atoms with Crippen molar-refractivity contribution in [2.75, 3.05) is 0 Å². The van der Waals surface area contributed by atoms with Crippen LogP contribution in [0.4, 0.5) is 0 Å². The first-order chi connectivity index (χ1) is 7.86. The smallest absolute Gasteiger partial charge is 0.236 e. The van der Waals surface area contributed by atoms with Gasteiger partial charge < -0.3 is 0 Å². The molecule has 1 rings (SSSR count). The maximum atomic E-state index is 5.91. The lowest BCUT2D eigenvalue weighted by molar-refractivity contribution is 0.510. The zero-order chi connectivity index (χ0) is 13.1. The van der Waals surface area contributed by atoms with Crippen molar-refractivity contribution < 1.29 is 0 Å². The van der Waals surface area contributed by atoms with E-state index >= 15 is 0 Å². The van der Waals surface area contributed by atoms with Gasteiger partial charge in [0.2, 0.25) is 3.79 Å². The van der Waals surface area contributed by atoms with Crippen molar-refractivity contribution >= 4 is 34.8 Å². The summed E-state index contributed by atoms with van der Waals surface area (Å²) in [5.74, 6) is 0.472. The normalized spacial score (nSPS) is 12.4. The minimum atomic E-state index is -1.49. The average molecular weight is 299 g/mol. The van der Waals surface area contributed by atoms with E-state index in [4.69, 9.17) is 34.8 Å². The summed E-state index contributed by atoms with van der Waals surface area (Å²) in [6, 6.07) is 0. The van der Waals surface area contributed by atoms with E-state index in [0.717, 1.165) is 31.5 Å². The van der Waals surface area contributed by atoms with Gasteiger partial charge in [-0.25, -0.2) is 4.68 Å². The van der Waals surface area contributed by atoms with Crippen LogP contribution in [0.15, 0.2) is 0 Å². The minimum absolute atomic E-state index is 0.465. The number of alkyl halides is 3. The molecule has 0 saturated heterocycles. The van der Waals surface area contributed by atoms with Gasteiger partial charge in [-0.3, -0.25) is 0 Å². The van der Waals surface area contributed by atoms with E-state index < -0.39 is 3.79 Å². The number of hydrogen-bond donors (Lipinski definition) is 0. The summed E-state index contributed by atoms with van der Waals surface area (Å²) >= 11 is 17.7. The highest BCUT2D eigenvalue weighted by Crippen LogP contribution is 2.39. The Morgan fingerprint density at radius 3 is 2.41 bits per heavy atom. The molecule has 17 heavy (non-hydrogen) atoms. The highest BCUT2D eigenvalue weighted by atomic mass is 35.6. The van der Waals surface area contributed by atoms with Gasteiger partial charge in [-0.1, -0.05) is 67.2 Å². The molecule has 0 aromatic carbocycles. The molecular formula is C11H18Cl3N3. The summed E-state index contributed by atoms with van der Waals surface area (Å²) in [6.07, 6.45) is 2.97. The largest absolute Gasteiger partial charge is 0.249 e. The van der Waals surface area contributed by atoms with Crippen LogP contribution in [-0.2, 0) is 16.8 Å². The van der Waals surface area contributed by atoms with Gasteiger partial charge in [0.15, 0.2) is 0 Å². The summed E-state index contributed by atoms with van der Waals surface area (Å²) in [5.41, 5.74) is 1.40. The molecule has 98 valence electrons. The number of halogens is 3. The summed E-state index contributed by atoms with van der Waals surface area (Å²) in [5, 5.41) is 8.10. The molecule has 1 aromatic rings. The molecule has 0 aliphatic heterocycles. The van der Waals surface area contributed by atoms with Gasteiger partial charge in [0.05, 0.1) is 5.69 Å². The standard InChI is InChI=1S/C11H18Cl3N3/c1-4-5-6-17-9(7-8(2)3)10(15-16-17)11(12,13)14/h8H,4-7H2,1-3H3. The summed E-state index contributed by atoms with van der Waals surface area (Å²) in [6.45, 7) is 7.21. The number of aromatic nitrogens is 3. The Bertz CT molecular complexity index is 355. The van der Waals surface area contributed by atoms with Gasteiger partial charge in [-0.15, -0.1) is 5.10 Å². The van der Waals surface area contributed by atoms with Crippen LogP contribution in [0.1, 0.15) is 45.0 Å². The Balaban J connectivity index is 3.02. The summed E-state index contributed by atoms with van der Waals surface area (Å²) in [4.78, 5) is 0. The maximum Gasteiger partial charge on any atom is 0.236 e. The number of unbranched alkanes of at least 4 members (excludes halogenated alkanes) is 1. The molecule has 0 fully saturated rings. The Morgan fingerprint density at radius 1 is 1.29 bits per heavy atom. The molecule has 0 amide bonds. The number of hydrogen-bond acceptors (Lipinski definition) is 2. The van der Waals surface area contributed by atoms with Crippen molar-refractivity contribution in [1.29, 1.82) is 0 Å². The second-order valence-electron chi connectivity index (χ2n) is 4.56. The van der Waals surface area contributed by atoms with Crippen LogP contribution in [0, 0.1) is 5.92 Å². The van der Waals surface area contributed by atoms with E-state index in [1.807, 2.05) is 4.68 Å². The van der Waals surface area contributed by atoms with Crippen LogP contribution in [0.3, 0.4) is 0 Å². The molecule has 3 nitrogen and oxygen atoms in total. The Hall–Kier alpha value is 0.01000. The van der Waals surface area contributed by atoms with Gasteiger partial charge in [0.1, 0.15) is 5.69 Å². The molecular weight excluding hydrogens is 281 g/mol. The molecule has 0 radical (unpaired) electrons. The van der Waals surface area contributed by atoms with Crippen LogP contribution < -0.4 is 0 Å². The van der Waals surface area contributed by atoms with Crippen molar-refractivity contribution in [2.24, 2.45) is 5.92 Å². The van der Waals surface area contributed by atoms with Gasteiger partial charge in [-0.05, 0) is 18.8 Å². The fourth-order valence-corrected chi connectivity index (χ4v) is 2.07. The van der Waals surface area contributed by atoms with Crippen molar-refractivity contribution in [1.82, 2.24) is 15.0 Å². The van der Waals surface area contributed by atoms with Crippen LogP contribution in [0.5, 0.6) is 0 Å². The third kappa shape index (κ3) is 4.31. The number of nitrogens with zero attached hydrogens (tertiary/aromatic N) is 3. The Kier molecular flexibility index (Phi) is 5.55. The first-order valence-electron chi connectivity index (χ1n) is 5.85. The van der Waals surface area contributed by atoms with Crippen LogP contribution in [0.2, 0.25) is 0 Å².